The Morgan fingerprint density at radius 3 is 2.73 bits per heavy atom. The molecule has 0 spiro atoms. The minimum Gasteiger partial charge on any atom is -0.439 e. The molecular weight excluding hydrogens is 256 g/mol. The third kappa shape index (κ3) is 1.96. The average molecular weight is 267 g/mol. The van der Waals surface area contributed by atoms with E-state index >= 15 is 0 Å². The molecule has 0 unspecified atom stereocenters. The Morgan fingerprint density at radius 1 is 1.40 bits per heavy atom. The molecule has 4 heteroatoms. The Labute approximate surface area is 96.4 Å². The summed E-state index contributed by atoms with van der Waals surface area (Å²) in [6, 6.07) is 7.88. The minimum absolute atomic E-state index is 0.325. The molecule has 1 aromatic heterocycles. The van der Waals surface area contributed by atoms with Crippen molar-refractivity contribution in [3.8, 4) is 11.3 Å². The van der Waals surface area contributed by atoms with E-state index in [0.29, 0.717) is 12.4 Å². The van der Waals surface area contributed by atoms with E-state index < -0.39 is 0 Å². The quantitative estimate of drug-likeness (QED) is 0.910. The molecular formula is C11H11BrN2O. The second kappa shape index (κ2) is 4.16. The Balaban J connectivity index is 2.54. The molecule has 0 atom stereocenters. The van der Waals surface area contributed by atoms with Crippen molar-refractivity contribution in [1.29, 1.82) is 0 Å². The van der Waals surface area contributed by atoms with Gasteiger partial charge in [-0.05, 0) is 13.0 Å². The monoisotopic (exact) mass is 266 g/mol. The minimum atomic E-state index is 0.325. The van der Waals surface area contributed by atoms with Crippen molar-refractivity contribution < 1.29 is 4.42 Å². The van der Waals surface area contributed by atoms with Gasteiger partial charge in [-0.25, -0.2) is 4.98 Å². The largest absolute Gasteiger partial charge is 0.439 e. The zero-order valence-corrected chi connectivity index (χ0v) is 9.91. The Kier molecular flexibility index (Phi) is 2.88. The number of benzene rings is 1. The van der Waals surface area contributed by atoms with Crippen LogP contribution in [-0.2, 0) is 6.54 Å². The van der Waals surface area contributed by atoms with E-state index in [1.54, 1.807) is 0 Å². The van der Waals surface area contributed by atoms with Gasteiger partial charge in [-0.1, -0.05) is 34.1 Å². The van der Waals surface area contributed by atoms with Gasteiger partial charge in [-0.2, -0.15) is 0 Å². The molecule has 0 saturated heterocycles. The van der Waals surface area contributed by atoms with Crippen LogP contribution < -0.4 is 5.73 Å². The van der Waals surface area contributed by atoms with Gasteiger partial charge < -0.3 is 10.2 Å². The van der Waals surface area contributed by atoms with Crippen molar-refractivity contribution in [2.45, 2.75) is 13.5 Å². The zero-order valence-electron chi connectivity index (χ0n) is 8.33. The van der Waals surface area contributed by atoms with Crippen LogP contribution in [0.5, 0.6) is 0 Å². The van der Waals surface area contributed by atoms with E-state index in [4.69, 9.17) is 10.2 Å². The molecule has 78 valence electrons. The van der Waals surface area contributed by atoms with E-state index in [1.165, 1.54) is 0 Å². The average Bonchev–Trinajstić information content (AvgIpc) is 2.60. The summed E-state index contributed by atoms with van der Waals surface area (Å²) in [4.78, 5) is 4.23. The molecule has 0 aliphatic rings. The maximum absolute atomic E-state index is 5.56. The van der Waals surface area contributed by atoms with Crippen molar-refractivity contribution in [1.82, 2.24) is 4.98 Å². The summed E-state index contributed by atoms with van der Waals surface area (Å²) in [6.07, 6.45) is 0. The maximum atomic E-state index is 5.56. The highest BCUT2D eigenvalue weighted by molar-refractivity contribution is 9.10. The molecule has 1 aromatic carbocycles. The molecule has 0 amide bonds. The molecule has 0 saturated carbocycles. The number of rotatable bonds is 2. The lowest BCUT2D eigenvalue weighted by molar-refractivity contribution is 0.509. The third-order valence-corrected chi connectivity index (χ3v) is 2.83. The highest BCUT2D eigenvalue weighted by Gasteiger charge is 2.12. The highest BCUT2D eigenvalue weighted by Crippen LogP contribution is 2.30. The van der Waals surface area contributed by atoms with Crippen molar-refractivity contribution in [2.75, 3.05) is 0 Å². The number of oxazole rings is 1. The zero-order chi connectivity index (χ0) is 10.8. The van der Waals surface area contributed by atoms with Gasteiger partial charge in [0.05, 0.1) is 12.2 Å². The molecule has 0 aliphatic heterocycles. The van der Waals surface area contributed by atoms with Gasteiger partial charge in [0.1, 0.15) is 0 Å². The summed E-state index contributed by atoms with van der Waals surface area (Å²) in [5.74, 6) is 1.35. The van der Waals surface area contributed by atoms with Crippen molar-refractivity contribution in [3.63, 3.8) is 0 Å². The van der Waals surface area contributed by atoms with Crippen LogP contribution in [0.15, 0.2) is 33.2 Å². The van der Waals surface area contributed by atoms with E-state index in [1.807, 2.05) is 31.2 Å². The molecule has 2 rings (SSSR count). The first kappa shape index (κ1) is 10.4. The smallest absolute Gasteiger partial charge is 0.208 e. The summed E-state index contributed by atoms with van der Waals surface area (Å²) < 4.78 is 6.56. The van der Waals surface area contributed by atoms with Crippen LogP contribution in [0.1, 0.15) is 11.6 Å². The molecule has 3 nitrogen and oxygen atoms in total. The Morgan fingerprint density at radius 2 is 2.13 bits per heavy atom. The standard InChI is InChI=1S/C11H11BrN2O/c1-7-11(15-10(6-13)14-7)8-4-2-3-5-9(8)12/h2-5H,6,13H2,1H3. The van der Waals surface area contributed by atoms with Crippen LogP contribution >= 0.6 is 15.9 Å². The molecule has 2 aromatic rings. The Hall–Kier alpha value is -1.13. The summed E-state index contributed by atoms with van der Waals surface area (Å²) in [5, 5.41) is 0. The number of aromatic nitrogens is 1. The second-order valence-corrected chi connectivity index (χ2v) is 4.06. The van der Waals surface area contributed by atoms with Crippen molar-refractivity contribution >= 4 is 15.9 Å². The molecule has 15 heavy (non-hydrogen) atoms. The first-order valence-corrected chi connectivity index (χ1v) is 5.43. The normalized spacial score (nSPS) is 10.6. The first-order chi connectivity index (χ1) is 7.22. The first-order valence-electron chi connectivity index (χ1n) is 4.63. The number of aryl methyl sites for hydroxylation is 1. The second-order valence-electron chi connectivity index (χ2n) is 3.21. The SMILES string of the molecule is Cc1nc(CN)oc1-c1ccccc1Br. The molecule has 0 bridgehead atoms. The van der Waals surface area contributed by atoms with Gasteiger partial charge in [0, 0.05) is 10.0 Å². The van der Waals surface area contributed by atoms with Crippen molar-refractivity contribution in [2.24, 2.45) is 5.73 Å². The predicted octanol–water partition coefficient (Wildman–Crippen LogP) is 2.87. The van der Waals surface area contributed by atoms with Crippen LogP contribution in [0.25, 0.3) is 11.3 Å². The van der Waals surface area contributed by atoms with Gasteiger partial charge in [-0.15, -0.1) is 0 Å². The van der Waals surface area contributed by atoms with Crippen LogP contribution in [0.3, 0.4) is 0 Å². The summed E-state index contributed by atoms with van der Waals surface area (Å²) in [7, 11) is 0. The van der Waals surface area contributed by atoms with E-state index in [-0.39, 0.29) is 0 Å². The van der Waals surface area contributed by atoms with Gasteiger partial charge >= 0.3 is 0 Å². The fourth-order valence-electron chi connectivity index (χ4n) is 1.43. The molecule has 1 heterocycles. The van der Waals surface area contributed by atoms with E-state index in [9.17, 15) is 0 Å². The topological polar surface area (TPSA) is 52.0 Å². The molecule has 0 aliphatic carbocycles. The Bertz CT molecular complexity index is 479. The summed E-state index contributed by atoms with van der Waals surface area (Å²) >= 11 is 3.48. The summed E-state index contributed by atoms with van der Waals surface area (Å²) in [6.45, 7) is 2.24. The lowest BCUT2D eigenvalue weighted by atomic mass is 10.1. The molecule has 2 N–H and O–H groups in total. The molecule has 0 radical (unpaired) electrons. The number of hydrogen-bond donors (Lipinski definition) is 1. The molecule has 0 fully saturated rings. The van der Waals surface area contributed by atoms with E-state index in [0.717, 1.165) is 21.5 Å². The summed E-state index contributed by atoms with van der Waals surface area (Å²) in [5.41, 5.74) is 7.35. The van der Waals surface area contributed by atoms with Crippen molar-refractivity contribution in [3.05, 3.63) is 40.3 Å². The predicted molar refractivity (Wildman–Crippen MR) is 62.3 cm³/mol. The lowest BCUT2D eigenvalue weighted by Gasteiger charge is -2.00. The van der Waals surface area contributed by atoms with Gasteiger partial charge in [-0.3, -0.25) is 0 Å². The number of nitrogens with zero attached hydrogens (tertiary/aromatic N) is 1. The van der Waals surface area contributed by atoms with Gasteiger partial charge in [0.15, 0.2) is 5.76 Å². The van der Waals surface area contributed by atoms with Crippen LogP contribution in [0.4, 0.5) is 0 Å². The number of hydrogen-bond acceptors (Lipinski definition) is 3. The van der Waals surface area contributed by atoms with Gasteiger partial charge in [0.2, 0.25) is 5.89 Å². The third-order valence-electron chi connectivity index (χ3n) is 2.13. The maximum Gasteiger partial charge on any atom is 0.208 e. The fourth-order valence-corrected chi connectivity index (χ4v) is 1.90. The van der Waals surface area contributed by atoms with Gasteiger partial charge in [0.25, 0.3) is 0 Å². The van der Waals surface area contributed by atoms with Crippen LogP contribution in [0, 0.1) is 6.92 Å². The number of halogens is 1. The highest BCUT2D eigenvalue weighted by atomic mass is 79.9. The van der Waals surface area contributed by atoms with E-state index in [2.05, 4.69) is 20.9 Å². The fraction of sp³-hybridized carbons (Fsp3) is 0.182. The lowest BCUT2D eigenvalue weighted by Crippen LogP contribution is -1.95. The van der Waals surface area contributed by atoms with Crippen LogP contribution in [0.2, 0.25) is 0 Å². The number of nitrogens with two attached hydrogens (primary N) is 1. The van der Waals surface area contributed by atoms with Crippen LogP contribution in [-0.4, -0.2) is 4.98 Å².